The summed E-state index contributed by atoms with van der Waals surface area (Å²) in [4.78, 5) is 27.0. The molecule has 1 amide bonds. The number of benzene rings is 2. The first-order valence-corrected chi connectivity index (χ1v) is 17.7. The summed E-state index contributed by atoms with van der Waals surface area (Å²) in [5, 5.41) is 23.3. The number of aromatic hydroxyl groups is 1. The summed E-state index contributed by atoms with van der Waals surface area (Å²) in [6.07, 6.45) is 3.58. The summed E-state index contributed by atoms with van der Waals surface area (Å²) in [5.41, 5.74) is 2.28. The number of piperazine rings is 1. The molecule has 3 aromatic rings. The largest absolute Gasteiger partial charge is 0.508 e. The number of nitrogens with zero attached hydrogens (tertiary/aromatic N) is 6. The summed E-state index contributed by atoms with van der Waals surface area (Å²) in [6, 6.07) is 14.0. The third kappa shape index (κ3) is 5.68. The third-order valence-electron chi connectivity index (χ3n) is 11.2. The number of phenols is 1. The van der Waals surface area contributed by atoms with Gasteiger partial charge in [-0.05, 0) is 70.9 Å². The second-order valence-corrected chi connectivity index (χ2v) is 15.6. The second-order valence-electron chi connectivity index (χ2n) is 15.6. The minimum atomic E-state index is -0.881. The highest BCUT2D eigenvalue weighted by Gasteiger charge is 2.50. The number of amides is 1. The topological polar surface area (TPSA) is 105 Å². The predicted molar refractivity (Wildman–Crippen MR) is 185 cm³/mol. The van der Waals surface area contributed by atoms with Crippen LogP contribution in [-0.2, 0) is 17.7 Å². The van der Waals surface area contributed by atoms with Crippen LogP contribution < -0.4 is 14.5 Å². The number of fused-ring (bicyclic) bond motifs is 5. The van der Waals surface area contributed by atoms with Gasteiger partial charge in [0, 0.05) is 67.4 Å². The van der Waals surface area contributed by atoms with E-state index in [1.807, 2.05) is 43.9 Å². The number of phenolic OH excluding ortho intramolecular Hbond substituents is 1. The quantitative estimate of drug-likeness (QED) is 0.355. The van der Waals surface area contributed by atoms with Crippen LogP contribution in [0.3, 0.4) is 0 Å². The van der Waals surface area contributed by atoms with Gasteiger partial charge in [-0.2, -0.15) is 10.2 Å². The molecular weight excluding hydrogens is 623 g/mol. The Bertz CT molecular complexity index is 1830. The fourth-order valence-electron chi connectivity index (χ4n) is 9.15. The smallest absolute Gasteiger partial charge is 0.410 e. The Hall–Kier alpha value is -4.30. The zero-order valence-electron chi connectivity index (χ0n) is 28.6. The van der Waals surface area contributed by atoms with Gasteiger partial charge in [0.25, 0.3) is 0 Å². The number of hydrogen-bond acceptors (Lipinski definition) is 9. The van der Waals surface area contributed by atoms with Crippen LogP contribution in [0.4, 0.5) is 20.7 Å². The van der Waals surface area contributed by atoms with E-state index in [2.05, 4.69) is 26.8 Å². The van der Waals surface area contributed by atoms with Gasteiger partial charge in [0.05, 0.1) is 17.6 Å². The highest BCUT2D eigenvalue weighted by atomic mass is 19.1. The van der Waals surface area contributed by atoms with Gasteiger partial charge >= 0.3 is 6.09 Å². The maximum atomic E-state index is 14.7. The van der Waals surface area contributed by atoms with Gasteiger partial charge in [-0.15, -0.1) is 0 Å². The van der Waals surface area contributed by atoms with Crippen LogP contribution in [0.25, 0.3) is 10.8 Å². The van der Waals surface area contributed by atoms with E-state index >= 15 is 0 Å². The Morgan fingerprint density at radius 3 is 2.63 bits per heavy atom. The van der Waals surface area contributed by atoms with E-state index in [0.717, 1.165) is 65.6 Å². The first-order chi connectivity index (χ1) is 23.5. The van der Waals surface area contributed by atoms with Gasteiger partial charge in [0.1, 0.15) is 41.6 Å². The number of nitriles is 1. The maximum absolute atomic E-state index is 14.7. The van der Waals surface area contributed by atoms with E-state index in [0.29, 0.717) is 57.0 Å². The molecule has 1 N–H and O–H groups in total. The Kier molecular flexibility index (Phi) is 7.78. The van der Waals surface area contributed by atoms with Crippen LogP contribution in [0.2, 0.25) is 0 Å². The summed E-state index contributed by atoms with van der Waals surface area (Å²) >= 11 is 0. The number of alkyl halides is 1. The standard InChI is InChI=1S/C38H45FN6O4/c1-37(2,3)49-36(47)45-26-9-10-27(45)21-43(20-26)34-30-11-14-42(33-16-28(46)15-24-7-4-5-8-29(24)33)22-32(30)31(18-40)35(41-34)48-23-38-12-6-13-44(38)19-25(39)17-38/h4-5,7-8,15-16,25-27,46H,6,9-14,17,19-23H2,1-3H3/t25-,26-,27+,38+/m1/s1. The minimum Gasteiger partial charge on any atom is -0.508 e. The SMILES string of the molecule is CC(C)(C)OC(=O)N1[C@@H]2CC[C@H]1CN(c1nc(OC[C@@]34CCCN3C[C@H](F)C4)c(C#N)c3c1CCN(c1cc(O)cc4ccccc14)C3)C2. The Balaban J connectivity index is 1.16. The lowest BCUT2D eigenvalue weighted by molar-refractivity contribution is 0.0122. The third-order valence-corrected chi connectivity index (χ3v) is 11.2. The molecule has 10 nitrogen and oxygen atoms in total. The molecule has 0 unspecified atom stereocenters. The molecule has 11 heteroatoms. The Labute approximate surface area is 287 Å². The zero-order chi connectivity index (χ0) is 34.1. The zero-order valence-corrected chi connectivity index (χ0v) is 28.6. The molecular formula is C38H45FN6O4. The van der Waals surface area contributed by atoms with Crippen LogP contribution in [0.1, 0.15) is 69.6 Å². The van der Waals surface area contributed by atoms with E-state index in [-0.39, 0.29) is 36.1 Å². The van der Waals surface area contributed by atoms with Crippen molar-refractivity contribution in [2.24, 2.45) is 0 Å². The van der Waals surface area contributed by atoms with E-state index in [4.69, 9.17) is 14.5 Å². The highest BCUT2D eigenvalue weighted by Crippen LogP contribution is 2.44. The second kappa shape index (κ2) is 11.9. The molecule has 1 aromatic heterocycles. The number of hydrogen-bond donors (Lipinski definition) is 1. The first-order valence-electron chi connectivity index (χ1n) is 17.7. The summed E-state index contributed by atoms with van der Waals surface area (Å²) < 4.78 is 27.0. The van der Waals surface area contributed by atoms with E-state index in [1.165, 1.54) is 0 Å². The van der Waals surface area contributed by atoms with Gasteiger partial charge in [-0.25, -0.2) is 9.18 Å². The molecule has 8 rings (SSSR count). The van der Waals surface area contributed by atoms with Crippen molar-refractivity contribution in [2.45, 2.75) is 95.2 Å². The van der Waals surface area contributed by atoms with Crippen molar-refractivity contribution in [3.63, 3.8) is 0 Å². The normalized spacial score (nSPS) is 26.5. The Morgan fingerprint density at radius 2 is 1.88 bits per heavy atom. The van der Waals surface area contributed by atoms with Crippen molar-refractivity contribution in [3.8, 4) is 17.7 Å². The summed E-state index contributed by atoms with van der Waals surface area (Å²) in [5.74, 6) is 1.30. The van der Waals surface area contributed by atoms with Crippen molar-refractivity contribution >= 4 is 28.4 Å². The number of aromatic nitrogens is 1. The molecule has 0 spiro atoms. The van der Waals surface area contributed by atoms with E-state index in [9.17, 15) is 19.6 Å². The lowest BCUT2D eigenvalue weighted by atomic mass is 9.93. The summed E-state index contributed by atoms with van der Waals surface area (Å²) in [7, 11) is 0. The molecule has 0 saturated carbocycles. The van der Waals surface area contributed by atoms with Crippen LogP contribution >= 0.6 is 0 Å². The summed E-state index contributed by atoms with van der Waals surface area (Å²) in [6.45, 7) is 9.60. The molecule has 6 heterocycles. The van der Waals surface area contributed by atoms with Crippen LogP contribution in [-0.4, -0.2) is 94.7 Å². The molecule has 4 fully saturated rings. The van der Waals surface area contributed by atoms with Crippen LogP contribution in [0.15, 0.2) is 36.4 Å². The fraction of sp³-hybridized carbons (Fsp3) is 0.553. The van der Waals surface area contributed by atoms with Crippen LogP contribution in [0, 0.1) is 11.3 Å². The van der Waals surface area contributed by atoms with E-state index in [1.54, 1.807) is 12.1 Å². The first kappa shape index (κ1) is 31.9. The molecule has 4 atom stereocenters. The number of pyridine rings is 1. The average Bonchev–Trinajstić information content (AvgIpc) is 3.68. The van der Waals surface area contributed by atoms with Crippen molar-refractivity contribution in [1.82, 2.24) is 14.8 Å². The lowest BCUT2D eigenvalue weighted by Crippen LogP contribution is -2.57. The van der Waals surface area contributed by atoms with Crippen molar-refractivity contribution < 1.29 is 23.8 Å². The van der Waals surface area contributed by atoms with Gasteiger partial charge in [0.15, 0.2) is 0 Å². The molecule has 258 valence electrons. The molecule has 0 radical (unpaired) electrons. The van der Waals surface area contributed by atoms with Gasteiger partial charge in [0.2, 0.25) is 5.88 Å². The molecule has 2 aromatic carbocycles. The fourth-order valence-corrected chi connectivity index (χ4v) is 9.15. The minimum absolute atomic E-state index is 0.00396. The van der Waals surface area contributed by atoms with Crippen molar-refractivity contribution in [1.29, 1.82) is 5.26 Å². The number of carbonyl (C=O) groups is 1. The number of carbonyl (C=O) groups excluding carboxylic acids is 1. The van der Waals surface area contributed by atoms with Crippen LogP contribution in [0.5, 0.6) is 11.6 Å². The highest BCUT2D eigenvalue weighted by molar-refractivity contribution is 5.95. The lowest BCUT2D eigenvalue weighted by Gasteiger charge is -2.43. The molecule has 5 aliphatic rings. The Morgan fingerprint density at radius 1 is 1.10 bits per heavy atom. The monoisotopic (exact) mass is 668 g/mol. The van der Waals surface area contributed by atoms with Crippen molar-refractivity contribution in [2.75, 3.05) is 49.1 Å². The average molecular weight is 669 g/mol. The van der Waals surface area contributed by atoms with Crippen molar-refractivity contribution in [3.05, 3.63) is 53.1 Å². The number of ether oxygens (including phenoxy) is 2. The molecule has 4 saturated heterocycles. The van der Waals surface area contributed by atoms with Gasteiger partial charge in [-0.1, -0.05) is 24.3 Å². The molecule has 2 bridgehead atoms. The number of anilines is 2. The van der Waals surface area contributed by atoms with Gasteiger partial charge in [-0.3, -0.25) is 9.80 Å². The number of halogens is 1. The molecule has 5 aliphatic heterocycles. The van der Waals surface area contributed by atoms with Gasteiger partial charge < -0.3 is 24.4 Å². The maximum Gasteiger partial charge on any atom is 0.410 e. The van der Waals surface area contributed by atoms with E-state index < -0.39 is 11.8 Å². The molecule has 49 heavy (non-hydrogen) atoms. The number of rotatable bonds is 5. The molecule has 0 aliphatic carbocycles. The predicted octanol–water partition coefficient (Wildman–Crippen LogP) is 5.92.